The Morgan fingerprint density at radius 3 is 2.53 bits per heavy atom. The van der Waals surface area contributed by atoms with Gasteiger partial charge in [0.05, 0.1) is 6.17 Å². The lowest BCUT2D eigenvalue weighted by atomic mass is 9.88. The summed E-state index contributed by atoms with van der Waals surface area (Å²) in [5.74, 6) is 0.710. The van der Waals surface area contributed by atoms with Crippen LogP contribution in [-0.2, 0) is 0 Å². The molecule has 2 heterocycles. The minimum Gasteiger partial charge on any atom is -0.317 e. The zero-order valence-electron chi connectivity index (χ0n) is 11.6. The maximum absolute atomic E-state index is 3.81. The van der Waals surface area contributed by atoms with Crippen molar-refractivity contribution in [1.82, 2.24) is 16.0 Å². The van der Waals surface area contributed by atoms with Gasteiger partial charge in [-0.05, 0) is 56.8 Å². The normalized spacial score (nSPS) is 29.3. The molecule has 0 saturated carbocycles. The van der Waals surface area contributed by atoms with Gasteiger partial charge in [-0.2, -0.15) is 0 Å². The molecule has 0 aromatic heterocycles. The van der Waals surface area contributed by atoms with E-state index < -0.39 is 0 Å². The lowest BCUT2D eigenvalue weighted by Gasteiger charge is -2.35. The summed E-state index contributed by atoms with van der Waals surface area (Å²) in [7, 11) is 0. The predicted octanol–water partition coefficient (Wildman–Crippen LogP) is 1.82. The Morgan fingerprint density at radius 2 is 1.74 bits per heavy atom. The van der Waals surface area contributed by atoms with Gasteiger partial charge in [-0.25, -0.2) is 0 Å². The van der Waals surface area contributed by atoms with E-state index in [1.807, 2.05) is 0 Å². The van der Waals surface area contributed by atoms with E-state index >= 15 is 0 Å². The molecule has 2 atom stereocenters. The van der Waals surface area contributed by atoms with Crippen molar-refractivity contribution in [2.24, 2.45) is 0 Å². The predicted molar refractivity (Wildman–Crippen MR) is 79.2 cm³/mol. The third kappa shape index (κ3) is 3.56. The quantitative estimate of drug-likeness (QED) is 0.775. The first-order valence-corrected chi connectivity index (χ1v) is 7.67. The third-order valence-corrected chi connectivity index (χ3v) is 4.45. The molecule has 3 rings (SSSR count). The van der Waals surface area contributed by atoms with Crippen LogP contribution in [0.15, 0.2) is 30.3 Å². The van der Waals surface area contributed by atoms with Crippen molar-refractivity contribution >= 4 is 0 Å². The van der Waals surface area contributed by atoms with Crippen molar-refractivity contribution in [3.05, 3.63) is 35.9 Å². The summed E-state index contributed by atoms with van der Waals surface area (Å²) < 4.78 is 0. The molecule has 0 bridgehead atoms. The number of hydrogen-bond acceptors (Lipinski definition) is 3. The first-order chi connectivity index (χ1) is 9.42. The van der Waals surface area contributed by atoms with Gasteiger partial charge in [-0.3, -0.25) is 5.32 Å². The topological polar surface area (TPSA) is 36.1 Å². The van der Waals surface area contributed by atoms with Crippen LogP contribution in [0.3, 0.4) is 0 Å². The molecule has 3 N–H and O–H groups in total. The van der Waals surface area contributed by atoms with E-state index in [0.29, 0.717) is 18.1 Å². The third-order valence-electron chi connectivity index (χ3n) is 4.45. The summed E-state index contributed by atoms with van der Waals surface area (Å²) in [6.45, 7) is 3.45. The zero-order chi connectivity index (χ0) is 12.9. The Bertz CT molecular complexity index is 373. The Kier molecular flexibility index (Phi) is 4.49. The molecule has 19 heavy (non-hydrogen) atoms. The summed E-state index contributed by atoms with van der Waals surface area (Å²) >= 11 is 0. The molecule has 0 radical (unpaired) electrons. The number of nitrogens with one attached hydrogen (secondary N) is 3. The first kappa shape index (κ1) is 13.1. The molecule has 3 heteroatoms. The maximum Gasteiger partial charge on any atom is 0.0579 e. The van der Waals surface area contributed by atoms with E-state index in [1.165, 1.54) is 31.2 Å². The standard InChI is InChI=1S/C16H25N3/c1-2-4-13(5-3-1)14-6-11-18-16(12-14)19-15-7-9-17-10-8-15/h1-5,14-19H,6-12H2. The highest BCUT2D eigenvalue weighted by atomic mass is 15.1. The van der Waals surface area contributed by atoms with Crippen molar-refractivity contribution in [3.63, 3.8) is 0 Å². The van der Waals surface area contributed by atoms with Gasteiger partial charge >= 0.3 is 0 Å². The largest absolute Gasteiger partial charge is 0.317 e. The number of rotatable bonds is 3. The average Bonchev–Trinajstić information content (AvgIpc) is 2.49. The molecule has 2 saturated heterocycles. The fourth-order valence-corrected chi connectivity index (χ4v) is 3.35. The van der Waals surface area contributed by atoms with Crippen LogP contribution in [0.4, 0.5) is 0 Å². The molecule has 0 aliphatic carbocycles. The Balaban J connectivity index is 1.55. The van der Waals surface area contributed by atoms with Crippen molar-refractivity contribution in [3.8, 4) is 0 Å². The lowest BCUT2D eigenvalue weighted by molar-refractivity contribution is 0.262. The molecule has 2 unspecified atom stereocenters. The van der Waals surface area contributed by atoms with Gasteiger partial charge in [0, 0.05) is 6.04 Å². The number of piperidine rings is 2. The highest BCUT2D eigenvalue weighted by Gasteiger charge is 2.24. The maximum atomic E-state index is 3.81. The molecule has 2 aliphatic heterocycles. The van der Waals surface area contributed by atoms with Crippen LogP contribution in [0.25, 0.3) is 0 Å². The van der Waals surface area contributed by atoms with Crippen LogP contribution in [0.5, 0.6) is 0 Å². The SMILES string of the molecule is c1ccc(C2CCNC(NC3CCNCC3)C2)cc1. The van der Waals surface area contributed by atoms with E-state index in [2.05, 4.69) is 46.3 Å². The first-order valence-electron chi connectivity index (χ1n) is 7.67. The van der Waals surface area contributed by atoms with Gasteiger partial charge in [-0.1, -0.05) is 30.3 Å². The van der Waals surface area contributed by atoms with E-state index in [-0.39, 0.29) is 0 Å². The summed E-state index contributed by atoms with van der Waals surface area (Å²) in [5, 5.41) is 10.9. The molecule has 2 fully saturated rings. The number of benzene rings is 1. The van der Waals surface area contributed by atoms with Gasteiger partial charge in [0.25, 0.3) is 0 Å². The molecule has 104 valence electrons. The van der Waals surface area contributed by atoms with Crippen molar-refractivity contribution < 1.29 is 0 Å². The van der Waals surface area contributed by atoms with Crippen LogP contribution in [0.1, 0.15) is 37.2 Å². The fourth-order valence-electron chi connectivity index (χ4n) is 3.35. The smallest absolute Gasteiger partial charge is 0.0579 e. The molecule has 0 amide bonds. The highest BCUT2D eigenvalue weighted by molar-refractivity contribution is 5.20. The minimum atomic E-state index is 0.488. The van der Waals surface area contributed by atoms with E-state index in [9.17, 15) is 0 Å². The molecular weight excluding hydrogens is 234 g/mol. The van der Waals surface area contributed by atoms with Gasteiger partial charge in [-0.15, -0.1) is 0 Å². The van der Waals surface area contributed by atoms with Crippen LogP contribution in [-0.4, -0.2) is 31.8 Å². The summed E-state index contributed by atoms with van der Waals surface area (Å²) in [5.41, 5.74) is 1.50. The molecule has 1 aromatic rings. The highest BCUT2D eigenvalue weighted by Crippen LogP contribution is 2.27. The Hall–Kier alpha value is -0.900. The monoisotopic (exact) mass is 259 g/mol. The second-order valence-electron chi connectivity index (χ2n) is 5.83. The van der Waals surface area contributed by atoms with Gasteiger partial charge in [0.15, 0.2) is 0 Å². The molecule has 3 nitrogen and oxygen atoms in total. The zero-order valence-corrected chi connectivity index (χ0v) is 11.6. The van der Waals surface area contributed by atoms with E-state index in [4.69, 9.17) is 0 Å². The van der Waals surface area contributed by atoms with Crippen LogP contribution in [0, 0.1) is 0 Å². The van der Waals surface area contributed by atoms with Crippen LogP contribution < -0.4 is 16.0 Å². The van der Waals surface area contributed by atoms with E-state index in [1.54, 1.807) is 0 Å². The second kappa shape index (κ2) is 6.51. The van der Waals surface area contributed by atoms with Crippen LogP contribution in [0.2, 0.25) is 0 Å². The lowest BCUT2D eigenvalue weighted by Crippen LogP contribution is -2.53. The van der Waals surface area contributed by atoms with Crippen LogP contribution >= 0.6 is 0 Å². The molecule has 0 spiro atoms. The van der Waals surface area contributed by atoms with E-state index in [0.717, 1.165) is 19.6 Å². The summed E-state index contributed by atoms with van der Waals surface area (Å²) in [4.78, 5) is 0. The molecule has 2 aliphatic rings. The minimum absolute atomic E-state index is 0.488. The summed E-state index contributed by atoms with van der Waals surface area (Å²) in [6, 6.07) is 11.7. The van der Waals surface area contributed by atoms with Gasteiger partial charge in [0.2, 0.25) is 0 Å². The Morgan fingerprint density at radius 1 is 0.947 bits per heavy atom. The molecule has 1 aromatic carbocycles. The molecular formula is C16H25N3. The van der Waals surface area contributed by atoms with Crippen molar-refractivity contribution in [1.29, 1.82) is 0 Å². The Labute approximate surface area is 116 Å². The second-order valence-corrected chi connectivity index (χ2v) is 5.83. The van der Waals surface area contributed by atoms with Gasteiger partial charge < -0.3 is 10.6 Å². The fraction of sp³-hybridized carbons (Fsp3) is 0.625. The van der Waals surface area contributed by atoms with Crippen molar-refractivity contribution in [2.45, 2.75) is 43.8 Å². The average molecular weight is 259 g/mol. The number of hydrogen-bond donors (Lipinski definition) is 3. The van der Waals surface area contributed by atoms with Gasteiger partial charge in [0.1, 0.15) is 0 Å². The summed E-state index contributed by atoms with van der Waals surface area (Å²) in [6.07, 6.45) is 5.48. The van der Waals surface area contributed by atoms with Crippen molar-refractivity contribution in [2.75, 3.05) is 19.6 Å².